The predicted molar refractivity (Wildman–Crippen MR) is 78.4 cm³/mol. The highest BCUT2D eigenvalue weighted by molar-refractivity contribution is 5.45. The molecule has 0 N–H and O–H groups in total. The molecule has 0 amide bonds. The number of benzene rings is 2. The number of aryl methyl sites for hydroxylation is 1. The molecule has 0 heterocycles. The predicted octanol–water partition coefficient (Wildman–Crippen LogP) is 3.66. The average molecular weight is 286 g/mol. The second-order valence-electron chi connectivity index (χ2n) is 4.67. The molecule has 0 saturated carbocycles. The quantitative estimate of drug-likeness (QED) is 0.620. The van der Waals surface area contributed by atoms with Gasteiger partial charge in [0.25, 0.3) is 11.4 Å². The van der Waals surface area contributed by atoms with Crippen molar-refractivity contribution in [3.05, 3.63) is 79.4 Å². The first-order valence-electron chi connectivity index (χ1n) is 6.50. The Morgan fingerprint density at radius 2 is 1.52 bits per heavy atom. The van der Waals surface area contributed by atoms with Crippen molar-refractivity contribution in [3.8, 4) is 0 Å². The molecule has 0 atom stereocenters. The second-order valence-corrected chi connectivity index (χ2v) is 4.67. The van der Waals surface area contributed by atoms with Crippen LogP contribution < -0.4 is 0 Å². The SMILES string of the molecule is CCc1ccc(Cc2ccc([N+](=O)[O-])cc2)cc1[N+](=O)[O-]. The molecule has 0 bridgehead atoms. The van der Waals surface area contributed by atoms with Crippen LogP contribution in [0.4, 0.5) is 11.4 Å². The van der Waals surface area contributed by atoms with Crippen LogP contribution in [0.5, 0.6) is 0 Å². The molecule has 0 fully saturated rings. The van der Waals surface area contributed by atoms with Crippen LogP contribution >= 0.6 is 0 Å². The lowest BCUT2D eigenvalue weighted by Crippen LogP contribution is -1.97. The van der Waals surface area contributed by atoms with Crippen LogP contribution in [0.3, 0.4) is 0 Å². The molecule has 6 nitrogen and oxygen atoms in total. The van der Waals surface area contributed by atoms with Gasteiger partial charge in [-0.3, -0.25) is 20.2 Å². The molecule has 0 aliphatic heterocycles. The first-order valence-corrected chi connectivity index (χ1v) is 6.50. The van der Waals surface area contributed by atoms with Gasteiger partial charge in [0.15, 0.2) is 0 Å². The van der Waals surface area contributed by atoms with Crippen LogP contribution in [-0.4, -0.2) is 9.85 Å². The third-order valence-electron chi connectivity index (χ3n) is 3.28. The van der Waals surface area contributed by atoms with Crippen molar-refractivity contribution in [2.45, 2.75) is 19.8 Å². The van der Waals surface area contributed by atoms with Crippen molar-refractivity contribution < 1.29 is 9.85 Å². The van der Waals surface area contributed by atoms with Gasteiger partial charge in [-0.25, -0.2) is 0 Å². The molecule has 0 radical (unpaired) electrons. The third-order valence-corrected chi connectivity index (χ3v) is 3.28. The van der Waals surface area contributed by atoms with E-state index in [1.54, 1.807) is 24.3 Å². The van der Waals surface area contributed by atoms with Gasteiger partial charge in [0.05, 0.1) is 9.85 Å². The number of nitro benzene ring substituents is 2. The van der Waals surface area contributed by atoms with Crippen LogP contribution in [0.1, 0.15) is 23.6 Å². The second kappa shape index (κ2) is 6.13. The van der Waals surface area contributed by atoms with E-state index in [0.717, 1.165) is 11.1 Å². The Morgan fingerprint density at radius 3 is 2.05 bits per heavy atom. The van der Waals surface area contributed by atoms with Crippen molar-refractivity contribution in [1.29, 1.82) is 0 Å². The molecule has 6 heteroatoms. The van der Waals surface area contributed by atoms with E-state index >= 15 is 0 Å². The number of rotatable bonds is 5. The Morgan fingerprint density at radius 1 is 0.905 bits per heavy atom. The Bertz CT molecular complexity index is 681. The lowest BCUT2D eigenvalue weighted by molar-refractivity contribution is -0.385. The monoisotopic (exact) mass is 286 g/mol. The minimum absolute atomic E-state index is 0.0334. The Hall–Kier alpha value is -2.76. The molecule has 2 aromatic carbocycles. The number of nitrogens with zero attached hydrogens (tertiary/aromatic N) is 2. The Kier molecular flexibility index (Phi) is 4.27. The summed E-state index contributed by atoms with van der Waals surface area (Å²) in [7, 11) is 0. The molecule has 0 spiro atoms. The van der Waals surface area contributed by atoms with Crippen molar-refractivity contribution >= 4 is 11.4 Å². The summed E-state index contributed by atoms with van der Waals surface area (Å²) >= 11 is 0. The molecule has 2 rings (SSSR count). The number of nitro groups is 2. The molecule has 0 aliphatic carbocycles. The maximum Gasteiger partial charge on any atom is 0.272 e. The first-order chi connectivity index (χ1) is 10.0. The normalized spacial score (nSPS) is 10.3. The van der Waals surface area contributed by atoms with Gasteiger partial charge in [0, 0.05) is 23.8 Å². The van der Waals surface area contributed by atoms with E-state index in [1.165, 1.54) is 12.1 Å². The highest BCUT2D eigenvalue weighted by Crippen LogP contribution is 2.23. The van der Waals surface area contributed by atoms with E-state index in [9.17, 15) is 20.2 Å². The fraction of sp³-hybridized carbons (Fsp3) is 0.200. The smallest absolute Gasteiger partial charge is 0.258 e. The fourth-order valence-electron chi connectivity index (χ4n) is 2.16. The zero-order valence-electron chi connectivity index (χ0n) is 11.5. The van der Waals surface area contributed by atoms with Gasteiger partial charge in [-0.2, -0.15) is 0 Å². The average Bonchev–Trinajstić information content (AvgIpc) is 2.47. The topological polar surface area (TPSA) is 86.3 Å². The fourth-order valence-corrected chi connectivity index (χ4v) is 2.16. The maximum absolute atomic E-state index is 11.0. The molecule has 0 saturated heterocycles. The van der Waals surface area contributed by atoms with Crippen LogP contribution in [-0.2, 0) is 12.8 Å². The van der Waals surface area contributed by atoms with Gasteiger partial charge in [-0.05, 0) is 24.0 Å². The van der Waals surface area contributed by atoms with Gasteiger partial charge in [-0.15, -0.1) is 0 Å². The zero-order valence-corrected chi connectivity index (χ0v) is 11.5. The molecule has 0 aliphatic rings. The summed E-state index contributed by atoms with van der Waals surface area (Å²) in [5.41, 5.74) is 2.54. The van der Waals surface area contributed by atoms with Gasteiger partial charge >= 0.3 is 0 Å². The summed E-state index contributed by atoms with van der Waals surface area (Å²) < 4.78 is 0. The molecule has 108 valence electrons. The summed E-state index contributed by atoms with van der Waals surface area (Å²) in [6.45, 7) is 1.87. The summed E-state index contributed by atoms with van der Waals surface area (Å²) in [6, 6.07) is 11.4. The lowest BCUT2D eigenvalue weighted by atomic mass is 10.0. The van der Waals surface area contributed by atoms with Gasteiger partial charge in [-0.1, -0.05) is 31.2 Å². The van der Waals surface area contributed by atoms with Crippen LogP contribution in [0, 0.1) is 20.2 Å². The van der Waals surface area contributed by atoms with Crippen molar-refractivity contribution in [1.82, 2.24) is 0 Å². The molecule has 0 aromatic heterocycles. The van der Waals surface area contributed by atoms with Crippen molar-refractivity contribution in [2.24, 2.45) is 0 Å². The van der Waals surface area contributed by atoms with Crippen molar-refractivity contribution in [3.63, 3.8) is 0 Å². The Labute approximate surface area is 121 Å². The van der Waals surface area contributed by atoms with E-state index in [0.29, 0.717) is 18.4 Å². The maximum atomic E-state index is 11.0. The van der Waals surface area contributed by atoms with Gasteiger partial charge < -0.3 is 0 Å². The molecule has 0 unspecified atom stereocenters. The standard InChI is InChI=1S/C15H14N2O4/c1-2-13-6-3-12(10-15(13)17(20)21)9-11-4-7-14(8-5-11)16(18)19/h3-8,10H,2,9H2,1H3. The van der Waals surface area contributed by atoms with Crippen LogP contribution in [0.2, 0.25) is 0 Å². The molecule has 21 heavy (non-hydrogen) atoms. The minimum atomic E-state index is -0.454. The van der Waals surface area contributed by atoms with E-state index in [-0.39, 0.29) is 16.3 Å². The largest absolute Gasteiger partial charge is 0.272 e. The number of non-ortho nitro benzene ring substituents is 1. The van der Waals surface area contributed by atoms with Crippen LogP contribution in [0.25, 0.3) is 0 Å². The van der Waals surface area contributed by atoms with Crippen molar-refractivity contribution in [2.75, 3.05) is 0 Å². The molecular weight excluding hydrogens is 272 g/mol. The lowest BCUT2D eigenvalue weighted by Gasteiger charge is -2.05. The summed E-state index contributed by atoms with van der Waals surface area (Å²) in [4.78, 5) is 20.8. The summed E-state index contributed by atoms with van der Waals surface area (Å²) in [5, 5.41) is 21.6. The minimum Gasteiger partial charge on any atom is -0.258 e. The van der Waals surface area contributed by atoms with E-state index in [1.807, 2.05) is 13.0 Å². The highest BCUT2D eigenvalue weighted by Gasteiger charge is 2.13. The molecular formula is C15H14N2O4. The number of hydrogen-bond donors (Lipinski definition) is 0. The van der Waals surface area contributed by atoms with Gasteiger partial charge in [0.2, 0.25) is 0 Å². The summed E-state index contributed by atoms with van der Waals surface area (Å²) in [5.74, 6) is 0. The highest BCUT2D eigenvalue weighted by atomic mass is 16.6. The zero-order chi connectivity index (χ0) is 15.4. The van der Waals surface area contributed by atoms with Crippen LogP contribution in [0.15, 0.2) is 42.5 Å². The first kappa shape index (κ1) is 14.6. The third kappa shape index (κ3) is 3.42. The molecule has 2 aromatic rings. The Balaban J connectivity index is 2.25. The van der Waals surface area contributed by atoms with E-state index in [4.69, 9.17) is 0 Å². The summed E-state index contributed by atoms with van der Waals surface area (Å²) in [6.07, 6.45) is 1.11. The van der Waals surface area contributed by atoms with E-state index in [2.05, 4.69) is 0 Å². The van der Waals surface area contributed by atoms with E-state index < -0.39 is 4.92 Å². The number of hydrogen-bond acceptors (Lipinski definition) is 4. The van der Waals surface area contributed by atoms with Gasteiger partial charge in [0.1, 0.15) is 0 Å².